The maximum Gasteiger partial charge on any atom is 0.329 e. The Kier molecular flexibility index (Phi) is 4.93. The van der Waals surface area contributed by atoms with Crippen LogP contribution in [-0.4, -0.2) is 28.0 Å². The van der Waals surface area contributed by atoms with Crippen molar-refractivity contribution in [3.8, 4) is 0 Å². The highest BCUT2D eigenvalue weighted by atomic mass is 16.6. The van der Waals surface area contributed by atoms with Crippen LogP contribution in [0.5, 0.6) is 0 Å². The van der Waals surface area contributed by atoms with Gasteiger partial charge < -0.3 is 10.6 Å². The average molecular weight is 293 g/mol. The van der Waals surface area contributed by atoms with E-state index < -0.39 is 4.92 Å². The lowest BCUT2D eigenvalue weighted by Gasteiger charge is -2.15. The molecule has 1 saturated carbocycles. The molecule has 0 aliphatic heterocycles. The monoisotopic (exact) mass is 293 g/mol. The maximum absolute atomic E-state index is 11.1. The van der Waals surface area contributed by atoms with Crippen molar-refractivity contribution in [2.75, 3.05) is 23.7 Å². The molecule has 7 heteroatoms. The molecule has 7 nitrogen and oxygen atoms in total. The Labute approximate surface area is 124 Å². The molecule has 0 radical (unpaired) electrons. The predicted molar refractivity (Wildman–Crippen MR) is 82.5 cm³/mol. The van der Waals surface area contributed by atoms with Crippen molar-refractivity contribution >= 4 is 17.5 Å². The molecule has 0 spiro atoms. The summed E-state index contributed by atoms with van der Waals surface area (Å²) >= 11 is 0. The van der Waals surface area contributed by atoms with Crippen molar-refractivity contribution in [3.05, 3.63) is 16.3 Å². The minimum atomic E-state index is -0.439. The van der Waals surface area contributed by atoms with E-state index in [0.717, 1.165) is 32.4 Å². The van der Waals surface area contributed by atoms with Crippen LogP contribution in [0.15, 0.2) is 6.20 Å². The van der Waals surface area contributed by atoms with E-state index >= 15 is 0 Å². The van der Waals surface area contributed by atoms with Gasteiger partial charge in [-0.1, -0.05) is 20.3 Å². The summed E-state index contributed by atoms with van der Waals surface area (Å²) in [6.45, 7) is 5.70. The van der Waals surface area contributed by atoms with Crippen molar-refractivity contribution in [1.82, 2.24) is 9.97 Å². The van der Waals surface area contributed by atoms with Crippen molar-refractivity contribution < 1.29 is 4.92 Å². The molecule has 0 bridgehead atoms. The zero-order valence-corrected chi connectivity index (χ0v) is 12.7. The van der Waals surface area contributed by atoms with Crippen molar-refractivity contribution in [2.24, 2.45) is 5.41 Å². The topological polar surface area (TPSA) is 93.0 Å². The fourth-order valence-corrected chi connectivity index (χ4v) is 2.45. The van der Waals surface area contributed by atoms with E-state index in [9.17, 15) is 10.1 Å². The summed E-state index contributed by atoms with van der Waals surface area (Å²) in [5.41, 5.74) is 0.245. The third-order valence-corrected chi connectivity index (χ3v) is 3.87. The lowest BCUT2D eigenvalue weighted by atomic mass is 10.0. The summed E-state index contributed by atoms with van der Waals surface area (Å²) in [7, 11) is 0. The van der Waals surface area contributed by atoms with E-state index in [0.29, 0.717) is 17.2 Å². The van der Waals surface area contributed by atoms with Crippen LogP contribution in [-0.2, 0) is 0 Å². The normalized spacial score (nSPS) is 15.5. The molecule has 2 N–H and O–H groups in total. The van der Waals surface area contributed by atoms with Crippen molar-refractivity contribution in [1.29, 1.82) is 0 Å². The van der Waals surface area contributed by atoms with E-state index in [4.69, 9.17) is 0 Å². The molecular formula is C14H23N5O2. The van der Waals surface area contributed by atoms with E-state index in [1.54, 1.807) is 0 Å². The van der Waals surface area contributed by atoms with Crippen molar-refractivity contribution in [2.45, 2.75) is 46.0 Å². The second-order valence-electron chi connectivity index (χ2n) is 5.71. The highest BCUT2D eigenvalue weighted by Gasteiger charge is 2.41. The van der Waals surface area contributed by atoms with Gasteiger partial charge in [0.2, 0.25) is 11.8 Å². The molecule has 0 aromatic carbocycles. The van der Waals surface area contributed by atoms with E-state index in [1.807, 2.05) is 6.92 Å². The second-order valence-corrected chi connectivity index (χ2v) is 5.71. The Bertz CT molecular complexity index is 502. The molecule has 0 amide bonds. The quantitative estimate of drug-likeness (QED) is 0.536. The molecule has 1 fully saturated rings. The standard InChI is InChI=1S/C14H23N5O2/c1-3-5-14(6-7-14)10-17-12-11(19(20)21)9-16-13(18-12)15-8-4-2/h9H,3-8,10H2,1-2H3,(H2,15,16,17,18). The lowest BCUT2D eigenvalue weighted by Crippen LogP contribution is -2.17. The van der Waals surface area contributed by atoms with Gasteiger partial charge in [0.1, 0.15) is 6.20 Å². The van der Waals surface area contributed by atoms with Gasteiger partial charge in [0.05, 0.1) is 4.92 Å². The fourth-order valence-electron chi connectivity index (χ4n) is 2.45. The highest BCUT2D eigenvalue weighted by Crippen LogP contribution is 2.49. The molecule has 1 heterocycles. The largest absolute Gasteiger partial charge is 0.364 e. The second kappa shape index (κ2) is 6.69. The third-order valence-electron chi connectivity index (χ3n) is 3.87. The summed E-state index contributed by atoms with van der Waals surface area (Å²) in [4.78, 5) is 18.9. The molecule has 21 heavy (non-hydrogen) atoms. The van der Waals surface area contributed by atoms with Gasteiger partial charge in [0, 0.05) is 13.1 Å². The Hall–Kier alpha value is -1.92. The smallest absolute Gasteiger partial charge is 0.329 e. The van der Waals surface area contributed by atoms with Crippen LogP contribution >= 0.6 is 0 Å². The molecule has 0 unspecified atom stereocenters. The summed E-state index contributed by atoms with van der Waals surface area (Å²) in [5, 5.41) is 17.3. The first-order chi connectivity index (χ1) is 10.1. The first kappa shape index (κ1) is 15.5. The fraction of sp³-hybridized carbons (Fsp3) is 0.714. The number of anilines is 2. The van der Waals surface area contributed by atoms with Crippen LogP contribution in [0.3, 0.4) is 0 Å². The summed E-state index contributed by atoms with van der Waals surface area (Å²) in [5.74, 6) is 0.751. The van der Waals surface area contributed by atoms with Gasteiger partial charge in [-0.05, 0) is 31.1 Å². The third kappa shape index (κ3) is 4.03. The number of hydrogen-bond donors (Lipinski definition) is 2. The number of nitrogens with zero attached hydrogens (tertiary/aromatic N) is 3. The van der Waals surface area contributed by atoms with Crippen LogP contribution in [0, 0.1) is 15.5 Å². The number of aromatic nitrogens is 2. The van der Waals surface area contributed by atoms with Gasteiger partial charge in [0.15, 0.2) is 0 Å². The van der Waals surface area contributed by atoms with E-state index in [1.165, 1.54) is 19.0 Å². The highest BCUT2D eigenvalue weighted by molar-refractivity contribution is 5.57. The summed E-state index contributed by atoms with van der Waals surface area (Å²) in [6.07, 6.45) is 6.88. The average Bonchev–Trinajstić information content (AvgIpc) is 3.23. The number of nitro groups is 1. The number of nitrogens with one attached hydrogen (secondary N) is 2. The molecule has 2 rings (SSSR count). The Morgan fingerprint density at radius 3 is 2.67 bits per heavy atom. The molecule has 0 saturated heterocycles. The van der Waals surface area contributed by atoms with E-state index in [-0.39, 0.29) is 5.69 Å². The molecule has 116 valence electrons. The number of hydrogen-bond acceptors (Lipinski definition) is 6. The van der Waals surface area contributed by atoms with E-state index in [2.05, 4.69) is 27.5 Å². The van der Waals surface area contributed by atoms with Crippen LogP contribution in [0.2, 0.25) is 0 Å². The SMILES string of the molecule is CCCNc1ncc([N+](=O)[O-])c(NCC2(CCC)CC2)n1. The Morgan fingerprint density at radius 1 is 1.33 bits per heavy atom. The first-order valence-electron chi connectivity index (χ1n) is 7.59. The van der Waals surface area contributed by atoms with Gasteiger partial charge in [0.25, 0.3) is 0 Å². The van der Waals surface area contributed by atoms with Gasteiger partial charge in [-0.15, -0.1) is 0 Å². The zero-order valence-electron chi connectivity index (χ0n) is 12.7. The van der Waals surface area contributed by atoms with Crippen LogP contribution in [0.1, 0.15) is 46.0 Å². The van der Waals surface area contributed by atoms with Gasteiger partial charge >= 0.3 is 5.69 Å². The van der Waals surface area contributed by atoms with Crippen LogP contribution < -0.4 is 10.6 Å². The van der Waals surface area contributed by atoms with Crippen molar-refractivity contribution in [3.63, 3.8) is 0 Å². The number of rotatable bonds is 9. The lowest BCUT2D eigenvalue weighted by molar-refractivity contribution is -0.384. The summed E-state index contributed by atoms with van der Waals surface area (Å²) < 4.78 is 0. The maximum atomic E-state index is 11.1. The minimum Gasteiger partial charge on any atom is -0.364 e. The molecule has 1 aliphatic carbocycles. The molecular weight excluding hydrogens is 270 g/mol. The Morgan fingerprint density at radius 2 is 2.10 bits per heavy atom. The van der Waals surface area contributed by atoms with Gasteiger partial charge in [-0.25, -0.2) is 4.98 Å². The Balaban J connectivity index is 2.09. The predicted octanol–water partition coefficient (Wildman–Crippen LogP) is 3.20. The van der Waals surface area contributed by atoms with Gasteiger partial charge in [-0.2, -0.15) is 4.98 Å². The zero-order chi connectivity index (χ0) is 15.3. The molecule has 1 aromatic heterocycles. The minimum absolute atomic E-state index is 0.0654. The first-order valence-corrected chi connectivity index (χ1v) is 7.59. The van der Waals surface area contributed by atoms with Gasteiger partial charge in [-0.3, -0.25) is 10.1 Å². The molecule has 0 atom stereocenters. The molecule has 1 aromatic rings. The summed E-state index contributed by atoms with van der Waals surface area (Å²) in [6, 6.07) is 0. The van der Waals surface area contributed by atoms with Crippen LogP contribution in [0.4, 0.5) is 17.5 Å². The van der Waals surface area contributed by atoms with Crippen LogP contribution in [0.25, 0.3) is 0 Å². The molecule has 1 aliphatic rings.